The third-order valence-corrected chi connectivity index (χ3v) is 5.57. The molecule has 0 saturated carbocycles. The second kappa shape index (κ2) is 7.99. The Hall–Kier alpha value is -1.90. The Bertz CT molecular complexity index is 693. The molecule has 2 nitrogen and oxygen atoms in total. The molecule has 1 fully saturated rings. The van der Waals surface area contributed by atoms with Gasteiger partial charge in [-0.2, -0.15) is 0 Å². The van der Waals surface area contributed by atoms with Crippen molar-refractivity contribution in [1.82, 2.24) is 9.80 Å². The lowest BCUT2D eigenvalue weighted by Gasteiger charge is -2.29. The van der Waals surface area contributed by atoms with E-state index in [1.54, 1.807) is 0 Å². The summed E-state index contributed by atoms with van der Waals surface area (Å²) in [6, 6.07) is 21.7. The third-order valence-electron chi connectivity index (χ3n) is 5.57. The number of hydrogen-bond donors (Lipinski definition) is 0. The average Bonchev–Trinajstić information content (AvgIpc) is 3.11. The van der Waals surface area contributed by atoms with Crippen LogP contribution in [0.25, 0.3) is 5.57 Å². The van der Waals surface area contributed by atoms with Crippen molar-refractivity contribution in [3.8, 4) is 0 Å². The Morgan fingerprint density at radius 2 is 1.60 bits per heavy atom. The zero-order valence-corrected chi connectivity index (χ0v) is 15.0. The van der Waals surface area contributed by atoms with Crippen LogP contribution in [0.5, 0.6) is 0 Å². The van der Waals surface area contributed by atoms with Gasteiger partial charge >= 0.3 is 0 Å². The Morgan fingerprint density at radius 3 is 2.32 bits per heavy atom. The number of nitrogens with zero attached hydrogens (tertiary/aromatic N) is 2. The van der Waals surface area contributed by atoms with E-state index in [1.165, 1.54) is 55.7 Å². The maximum absolute atomic E-state index is 2.64. The van der Waals surface area contributed by atoms with E-state index in [4.69, 9.17) is 0 Å². The molecule has 2 heterocycles. The summed E-state index contributed by atoms with van der Waals surface area (Å²) in [5, 5.41) is 0. The summed E-state index contributed by atoms with van der Waals surface area (Å²) >= 11 is 0. The molecule has 2 aliphatic heterocycles. The molecule has 0 bridgehead atoms. The lowest BCUT2D eigenvalue weighted by Crippen LogP contribution is -2.34. The highest BCUT2D eigenvalue weighted by Crippen LogP contribution is 2.25. The zero-order valence-electron chi connectivity index (χ0n) is 15.0. The zero-order chi connectivity index (χ0) is 16.9. The second-order valence-corrected chi connectivity index (χ2v) is 7.48. The molecule has 2 heteroatoms. The van der Waals surface area contributed by atoms with Gasteiger partial charge in [-0.3, -0.25) is 9.80 Å². The molecule has 0 aliphatic carbocycles. The van der Waals surface area contributed by atoms with Crippen molar-refractivity contribution in [2.45, 2.75) is 19.4 Å². The first-order valence-corrected chi connectivity index (χ1v) is 9.60. The van der Waals surface area contributed by atoms with E-state index in [9.17, 15) is 0 Å². The van der Waals surface area contributed by atoms with Gasteiger partial charge < -0.3 is 0 Å². The van der Waals surface area contributed by atoms with Crippen LogP contribution in [0.1, 0.15) is 24.0 Å². The Labute approximate surface area is 151 Å². The fourth-order valence-corrected chi connectivity index (χ4v) is 4.20. The lowest BCUT2D eigenvalue weighted by atomic mass is 9.98. The van der Waals surface area contributed by atoms with Gasteiger partial charge in [0, 0.05) is 32.7 Å². The van der Waals surface area contributed by atoms with E-state index < -0.39 is 0 Å². The minimum atomic E-state index is 0.829. The Morgan fingerprint density at radius 1 is 0.840 bits per heavy atom. The minimum absolute atomic E-state index is 0.829. The SMILES string of the molecule is C1=C(c2ccccc2)CCN(C[C@@H]2CCN(Cc3ccccc3)C2)C1. The van der Waals surface area contributed by atoms with E-state index in [1.807, 2.05) is 0 Å². The van der Waals surface area contributed by atoms with Crippen molar-refractivity contribution < 1.29 is 0 Å². The molecule has 4 rings (SSSR count). The number of likely N-dealkylation sites (tertiary alicyclic amines) is 1. The molecule has 2 aliphatic rings. The fourth-order valence-electron chi connectivity index (χ4n) is 4.20. The highest BCUT2D eigenvalue weighted by Gasteiger charge is 2.25. The molecule has 25 heavy (non-hydrogen) atoms. The van der Waals surface area contributed by atoms with Crippen molar-refractivity contribution in [2.24, 2.45) is 5.92 Å². The van der Waals surface area contributed by atoms with E-state index >= 15 is 0 Å². The number of benzene rings is 2. The predicted octanol–water partition coefficient (Wildman–Crippen LogP) is 4.30. The first-order chi connectivity index (χ1) is 12.4. The van der Waals surface area contributed by atoms with E-state index in [-0.39, 0.29) is 0 Å². The molecule has 1 saturated heterocycles. The number of rotatable bonds is 5. The van der Waals surface area contributed by atoms with Crippen molar-refractivity contribution in [1.29, 1.82) is 0 Å². The van der Waals surface area contributed by atoms with Crippen molar-refractivity contribution in [3.63, 3.8) is 0 Å². The van der Waals surface area contributed by atoms with Gasteiger partial charge in [0.05, 0.1) is 0 Å². The van der Waals surface area contributed by atoms with Crippen LogP contribution in [0.4, 0.5) is 0 Å². The quantitative estimate of drug-likeness (QED) is 0.805. The Balaban J connectivity index is 1.26. The average molecular weight is 332 g/mol. The molecule has 0 radical (unpaired) electrons. The normalized spacial score (nSPS) is 22.1. The topological polar surface area (TPSA) is 6.48 Å². The monoisotopic (exact) mass is 332 g/mol. The van der Waals surface area contributed by atoms with Crippen LogP contribution in [-0.4, -0.2) is 42.5 Å². The smallest absolute Gasteiger partial charge is 0.0233 e. The molecule has 0 unspecified atom stereocenters. The molecule has 1 atom stereocenters. The summed E-state index contributed by atoms with van der Waals surface area (Å²) in [5.41, 5.74) is 4.36. The highest BCUT2D eigenvalue weighted by molar-refractivity contribution is 5.66. The van der Waals surface area contributed by atoms with Crippen LogP contribution in [-0.2, 0) is 6.54 Å². The number of hydrogen-bond acceptors (Lipinski definition) is 2. The molecule has 2 aromatic rings. The van der Waals surface area contributed by atoms with E-state index in [0.717, 1.165) is 19.0 Å². The summed E-state index contributed by atoms with van der Waals surface area (Å²) in [7, 11) is 0. The molecule has 0 spiro atoms. The summed E-state index contributed by atoms with van der Waals surface area (Å²) < 4.78 is 0. The van der Waals surface area contributed by atoms with Crippen LogP contribution in [0.15, 0.2) is 66.7 Å². The largest absolute Gasteiger partial charge is 0.299 e. The van der Waals surface area contributed by atoms with Crippen molar-refractivity contribution in [3.05, 3.63) is 77.9 Å². The molecule has 2 aromatic carbocycles. The molecule has 130 valence electrons. The van der Waals surface area contributed by atoms with Crippen molar-refractivity contribution in [2.75, 3.05) is 32.7 Å². The van der Waals surface area contributed by atoms with Gasteiger partial charge in [-0.1, -0.05) is 66.7 Å². The first kappa shape index (κ1) is 16.6. The van der Waals surface area contributed by atoms with Crippen LogP contribution < -0.4 is 0 Å². The Kier molecular flexibility index (Phi) is 5.29. The van der Waals surface area contributed by atoms with Crippen LogP contribution in [0.3, 0.4) is 0 Å². The van der Waals surface area contributed by atoms with E-state index in [2.05, 4.69) is 76.5 Å². The van der Waals surface area contributed by atoms with Crippen LogP contribution >= 0.6 is 0 Å². The summed E-state index contributed by atoms with van der Waals surface area (Å²) in [4.78, 5) is 5.26. The molecular formula is C23H28N2. The molecule has 0 aromatic heterocycles. The third kappa shape index (κ3) is 4.39. The van der Waals surface area contributed by atoms with Gasteiger partial charge in [0.25, 0.3) is 0 Å². The van der Waals surface area contributed by atoms with Gasteiger partial charge in [0.1, 0.15) is 0 Å². The van der Waals surface area contributed by atoms with E-state index in [0.29, 0.717) is 0 Å². The lowest BCUT2D eigenvalue weighted by molar-refractivity contribution is 0.241. The minimum Gasteiger partial charge on any atom is -0.299 e. The summed E-state index contributed by atoms with van der Waals surface area (Å²) in [5.74, 6) is 0.829. The summed E-state index contributed by atoms with van der Waals surface area (Å²) in [6.07, 6.45) is 4.97. The van der Waals surface area contributed by atoms with Crippen LogP contribution in [0, 0.1) is 5.92 Å². The molecular weight excluding hydrogens is 304 g/mol. The highest BCUT2D eigenvalue weighted by atomic mass is 15.2. The van der Waals surface area contributed by atoms with Gasteiger partial charge in [-0.25, -0.2) is 0 Å². The van der Waals surface area contributed by atoms with Gasteiger partial charge in [-0.15, -0.1) is 0 Å². The fraction of sp³-hybridized carbons (Fsp3) is 0.391. The van der Waals surface area contributed by atoms with Crippen molar-refractivity contribution >= 4 is 5.57 Å². The van der Waals surface area contributed by atoms with Gasteiger partial charge in [-0.05, 0) is 42.0 Å². The predicted molar refractivity (Wildman–Crippen MR) is 105 cm³/mol. The first-order valence-electron chi connectivity index (χ1n) is 9.60. The molecule has 0 N–H and O–H groups in total. The van der Waals surface area contributed by atoms with Gasteiger partial charge in [0.2, 0.25) is 0 Å². The maximum Gasteiger partial charge on any atom is 0.0233 e. The second-order valence-electron chi connectivity index (χ2n) is 7.48. The standard InChI is InChI=1S/C23H28N2/c1-3-7-20(8-4-1)17-25-14-11-21(19-25)18-24-15-12-23(13-16-24)22-9-5-2-6-10-22/h1-10,12,21H,11,13-19H2/t21-/m0/s1. The summed E-state index contributed by atoms with van der Waals surface area (Å²) in [6.45, 7) is 7.17. The van der Waals surface area contributed by atoms with Crippen LogP contribution in [0.2, 0.25) is 0 Å². The maximum atomic E-state index is 2.64. The molecule has 0 amide bonds. The van der Waals surface area contributed by atoms with Gasteiger partial charge in [0.15, 0.2) is 0 Å².